The molecule has 0 saturated carbocycles. The third kappa shape index (κ3) is 4.02. The lowest BCUT2D eigenvalue weighted by molar-refractivity contribution is 0.0926. The van der Waals surface area contributed by atoms with E-state index in [9.17, 15) is 4.79 Å². The van der Waals surface area contributed by atoms with Crippen molar-refractivity contribution in [3.8, 4) is 0 Å². The fourth-order valence-corrected chi connectivity index (χ4v) is 2.45. The molecule has 2 heterocycles. The first-order chi connectivity index (χ1) is 11.2. The number of carbonyl (C=O) groups excluding carboxylic acids is 1. The number of hydrogen-bond donors (Lipinski definition) is 1. The minimum Gasteiger partial charge on any atom is -0.440 e. The summed E-state index contributed by atoms with van der Waals surface area (Å²) in [6.07, 6.45) is 4.35. The second kappa shape index (κ2) is 7.15. The monoisotopic (exact) mass is 329 g/mol. The maximum atomic E-state index is 11.9. The van der Waals surface area contributed by atoms with E-state index in [4.69, 9.17) is 16.0 Å². The lowest BCUT2D eigenvalue weighted by atomic mass is 10.2. The third-order valence-corrected chi connectivity index (χ3v) is 3.63. The Balaban J connectivity index is 1.55. The number of furan rings is 1. The van der Waals surface area contributed by atoms with Crippen molar-refractivity contribution >= 4 is 17.5 Å². The molecule has 118 valence electrons. The van der Waals surface area contributed by atoms with E-state index in [1.165, 1.54) is 5.56 Å². The zero-order valence-corrected chi connectivity index (χ0v) is 13.2. The number of rotatable bonds is 6. The van der Waals surface area contributed by atoms with E-state index in [1.807, 2.05) is 24.4 Å². The number of carbonyl (C=O) groups is 1. The van der Waals surface area contributed by atoms with Gasteiger partial charge in [0.15, 0.2) is 11.0 Å². The molecule has 0 radical (unpaired) electrons. The van der Waals surface area contributed by atoms with Crippen molar-refractivity contribution in [2.75, 3.05) is 6.54 Å². The Morgan fingerprint density at radius 3 is 2.78 bits per heavy atom. The molecule has 1 N–H and O–H groups in total. The highest BCUT2D eigenvalue weighted by Gasteiger charge is 2.10. The molecule has 3 rings (SSSR count). The van der Waals surface area contributed by atoms with Crippen molar-refractivity contribution in [2.45, 2.75) is 13.0 Å². The van der Waals surface area contributed by atoms with Crippen LogP contribution in [0, 0.1) is 0 Å². The summed E-state index contributed by atoms with van der Waals surface area (Å²) in [5.74, 6) is 0.854. The van der Waals surface area contributed by atoms with Gasteiger partial charge in [0.05, 0.1) is 0 Å². The van der Waals surface area contributed by atoms with Crippen LogP contribution in [0.5, 0.6) is 0 Å². The summed E-state index contributed by atoms with van der Waals surface area (Å²) in [5, 5.41) is 3.00. The zero-order valence-electron chi connectivity index (χ0n) is 12.4. The average Bonchev–Trinajstić information content (AvgIpc) is 3.18. The van der Waals surface area contributed by atoms with E-state index >= 15 is 0 Å². The van der Waals surface area contributed by atoms with Gasteiger partial charge in [-0.25, -0.2) is 4.98 Å². The molecule has 1 aromatic carbocycles. The number of benzene rings is 1. The summed E-state index contributed by atoms with van der Waals surface area (Å²) >= 11 is 5.66. The number of amides is 1. The Kier molecular flexibility index (Phi) is 4.78. The Hall–Kier alpha value is -2.53. The van der Waals surface area contributed by atoms with Crippen LogP contribution in [0.25, 0.3) is 0 Å². The second-order valence-corrected chi connectivity index (χ2v) is 5.44. The van der Waals surface area contributed by atoms with Gasteiger partial charge in [-0.1, -0.05) is 30.3 Å². The van der Waals surface area contributed by atoms with Gasteiger partial charge < -0.3 is 14.3 Å². The molecule has 0 bridgehead atoms. The van der Waals surface area contributed by atoms with Gasteiger partial charge in [0.1, 0.15) is 5.82 Å². The summed E-state index contributed by atoms with van der Waals surface area (Å²) < 4.78 is 7.14. The maximum absolute atomic E-state index is 11.9. The molecule has 2 aromatic heterocycles. The van der Waals surface area contributed by atoms with Crippen LogP contribution in [0.2, 0.25) is 5.22 Å². The minimum atomic E-state index is -0.280. The fourth-order valence-electron chi connectivity index (χ4n) is 2.30. The predicted molar refractivity (Wildman–Crippen MR) is 87.5 cm³/mol. The van der Waals surface area contributed by atoms with Crippen molar-refractivity contribution in [3.63, 3.8) is 0 Å². The lowest BCUT2D eigenvalue weighted by Gasteiger charge is -2.08. The molecule has 0 aliphatic heterocycles. The number of imidazole rings is 1. The van der Waals surface area contributed by atoms with Crippen molar-refractivity contribution < 1.29 is 9.21 Å². The normalized spacial score (nSPS) is 10.7. The van der Waals surface area contributed by atoms with Crippen molar-refractivity contribution in [1.29, 1.82) is 0 Å². The summed E-state index contributed by atoms with van der Waals surface area (Å²) in [4.78, 5) is 16.2. The van der Waals surface area contributed by atoms with E-state index in [0.717, 1.165) is 12.4 Å². The molecule has 0 atom stereocenters. The van der Waals surface area contributed by atoms with Gasteiger partial charge >= 0.3 is 0 Å². The van der Waals surface area contributed by atoms with E-state index in [0.29, 0.717) is 13.0 Å². The van der Waals surface area contributed by atoms with Gasteiger partial charge in [-0.15, -0.1) is 0 Å². The van der Waals surface area contributed by atoms with E-state index in [-0.39, 0.29) is 16.9 Å². The highest BCUT2D eigenvalue weighted by Crippen LogP contribution is 2.12. The summed E-state index contributed by atoms with van der Waals surface area (Å²) in [5.41, 5.74) is 1.21. The standard InChI is InChI=1S/C17H16ClN3O2/c18-15-7-6-14(23-15)17(22)20-9-8-16-19-10-11-21(16)12-13-4-2-1-3-5-13/h1-7,10-11H,8-9,12H2,(H,20,22). The SMILES string of the molecule is O=C(NCCc1nccn1Cc1ccccc1)c1ccc(Cl)o1. The number of hydrogen-bond acceptors (Lipinski definition) is 3. The van der Waals surface area contributed by atoms with Gasteiger partial charge in [-0.2, -0.15) is 0 Å². The number of nitrogens with one attached hydrogen (secondary N) is 1. The summed E-state index contributed by atoms with van der Waals surface area (Å²) in [6, 6.07) is 13.3. The van der Waals surface area contributed by atoms with Crippen LogP contribution < -0.4 is 5.32 Å². The van der Waals surface area contributed by atoms with Crippen LogP contribution in [-0.2, 0) is 13.0 Å². The summed E-state index contributed by atoms with van der Waals surface area (Å²) in [6.45, 7) is 1.24. The van der Waals surface area contributed by atoms with Gasteiger partial charge in [0.2, 0.25) is 0 Å². The predicted octanol–water partition coefficient (Wildman–Crippen LogP) is 3.15. The summed E-state index contributed by atoms with van der Waals surface area (Å²) in [7, 11) is 0. The largest absolute Gasteiger partial charge is 0.440 e. The number of halogens is 1. The van der Waals surface area contributed by atoms with Crippen LogP contribution in [0.4, 0.5) is 0 Å². The first kappa shape index (κ1) is 15.4. The Morgan fingerprint density at radius 1 is 1.22 bits per heavy atom. The maximum Gasteiger partial charge on any atom is 0.287 e. The van der Waals surface area contributed by atoms with Crippen LogP contribution in [-0.4, -0.2) is 22.0 Å². The highest BCUT2D eigenvalue weighted by atomic mass is 35.5. The van der Waals surface area contributed by atoms with Crippen LogP contribution in [0.1, 0.15) is 21.9 Å². The van der Waals surface area contributed by atoms with Crippen LogP contribution in [0.15, 0.2) is 59.3 Å². The molecule has 5 nitrogen and oxygen atoms in total. The first-order valence-corrected chi connectivity index (χ1v) is 7.67. The average molecular weight is 330 g/mol. The number of nitrogens with zero attached hydrogens (tertiary/aromatic N) is 2. The van der Waals surface area contributed by atoms with Gasteiger partial charge in [-0.05, 0) is 29.3 Å². The van der Waals surface area contributed by atoms with Crippen molar-refractivity contribution in [2.24, 2.45) is 0 Å². The van der Waals surface area contributed by atoms with Gasteiger partial charge in [-0.3, -0.25) is 4.79 Å². The van der Waals surface area contributed by atoms with E-state index < -0.39 is 0 Å². The molecule has 23 heavy (non-hydrogen) atoms. The van der Waals surface area contributed by atoms with Gasteiger partial charge in [0, 0.05) is 31.9 Å². The Labute approximate surface area is 138 Å². The highest BCUT2D eigenvalue weighted by molar-refractivity contribution is 6.29. The first-order valence-electron chi connectivity index (χ1n) is 7.30. The molecule has 0 unspecified atom stereocenters. The van der Waals surface area contributed by atoms with Crippen LogP contribution in [0.3, 0.4) is 0 Å². The van der Waals surface area contributed by atoms with E-state index in [2.05, 4.69) is 27.0 Å². The molecule has 3 aromatic rings. The molecule has 0 fully saturated rings. The molecule has 0 aliphatic rings. The molecule has 0 spiro atoms. The van der Waals surface area contributed by atoms with E-state index in [1.54, 1.807) is 18.3 Å². The molecule has 6 heteroatoms. The Morgan fingerprint density at radius 2 is 2.04 bits per heavy atom. The lowest BCUT2D eigenvalue weighted by Crippen LogP contribution is -2.26. The molecule has 1 amide bonds. The van der Waals surface area contributed by atoms with Gasteiger partial charge in [0.25, 0.3) is 5.91 Å². The van der Waals surface area contributed by atoms with Crippen LogP contribution >= 0.6 is 11.6 Å². The quantitative estimate of drug-likeness (QED) is 0.755. The second-order valence-electron chi connectivity index (χ2n) is 5.07. The third-order valence-electron chi connectivity index (χ3n) is 3.43. The van der Waals surface area contributed by atoms with Crippen molar-refractivity contribution in [3.05, 3.63) is 77.2 Å². The number of aromatic nitrogens is 2. The smallest absolute Gasteiger partial charge is 0.287 e. The molecule has 0 saturated heterocycles. The molecule has 0 aliphatic carbocycles. The Bertz CT molecular complexity index is 780. The molecular weight excluding hydrogens is 314 g/mol. The topological polar surface area (TPSA) is 60.1 Å². The fraction of sp³-hybridized carbons (Fsp3) is 0.176. The zero-order chi connectivity index (χ0) is 16.1. The van der Waals surface area contributed by atoms with Crippen molar-refractivity contribution in [1.82, 2.24) is 14.9 Å². The minimum absolute atomic E-state index is 0.202. The molecular formula is C17H16ClN3O2.